The largest absolute Gasteiger partial charge is 0.496 e. The first-order chi connectivity index (χ1) is 12.0. The van der Waals surface area contributed by atoms with Gasteiger partial charge in [-0.3, -0.25) is 9.59 Å². The quantitative estimate of drug-likeness (QED) is 0.736. The molecule has 7 heteroatoms. The Labute approximate surface area is 146 Å². The molecule has 0 aliphatic rings. The van der Waals surface area contributed by atoms with Crippen LogP contribution in [0.1, 0.15) is 51.5 Å². The van der Waals surface area contributed by atoms with Crippen LogP contribution in [0.15, 0.2) is 16.7 Å². The number of nitrogens with two attached hydrogens (primary N) is 1. The lowest BCUT2D eigenvalue weighted by Crippen LogP contribution is -2.19. The highest BCUT2D eigenvalue weighted by Gasteiger charge is 2.23. The third-order valence-electron chi connectivity index (χ3n) is 4.09. The molecule has 0 unspecified atom stereocenters. The Morgan fingerprint density at radius 1 is 1.12 bits per heavy atom. The summed E-state index contributed by atoms with van der Waals surface area (Å²) in [5.74, 6) is 0.0678. The van der Waals surface area contributed by atoms with E-state index in [1.807, 2.05) is 13.8 Å². The Hall–Kier alpha value is -2.83. The topological polar surface area (TPSA) is 105 Å². The van der Waals surface area contributed by atoms with Crippen LogP contribution in [-0.4, -0.2) is 31.1 Å². The highest BCUT2D eigenvalue weighted by molar-refractivity contribution is 6.00. The minimum Gasteiger partial charge on any atom is -0.496 e. The zero-order valence-corrected chi connectivity index (χ0v) is 14.8. The number of carbonyl (C=O) groups excluding carboxylic acids is 2. The fourth-order valence-electron chi connectivity index (χ4n) is 2.87. The summed E-state index contributed by atoms with van der Waals surface area (Å²) in [5, 5.41) is 3.62. The van der Waals surface area contributed by atoms with Crippen LogP contribution < -0.4 is 15.2 Å². The third kappa shape index (κ3) is 3.65. The van der Waals surface area contributed by atoms with E-state index in [0.29, 0.717) is 29.7 Å². The van der Waals surface area contributed by atoms with Gasteiger partial charge in [0.15, 0.2) is 0 Å². The van der Waals surface area contributed by atoms with E-state index in [0.717, 1.165) is 11.1 Å². The monoisotopic (exact) mass is 346 g/mol. The standard InChI is InChI=1S/C18H22N2O5/c1-5-10-7-13(18(19)22)12(11(6-2)17(10)24-4)8-14(21)15-9-16(23-3)20-25-15/h7,9H,5-6,8H2,1-4H3,(H2,19,22). The maximum atomic E-state index is 12.6. The van der Waals surface area contributed by atoms with E-state index >= 15 is 0 Å². The van der Waals surface area contributed by atoms with Gasteiger partial charge in [-0.25, -0.2) is 0 Å². The van der Waals surface area contributed by atoms with Crippen molar-refractivity contribution in [1.82, 2.24) is 5.16 Å². The first kappa shape index (κ1) is 18.5. The molecule has 1 amide bonds. The van der Waals surface area contributed by atoms with Crippen LogP contribution in [0.2, 0.25) is 0 Å². The molecule has 0 radical (unpaired) electrons. The van der Waals surface area contributed by atoms with Gasteiger partial charge in [-0.05, 0) is 40.8 Å². The lowest BCUT2D eigenvalue weighted by Gasteiger charge is -2.18. The second-order valence-corrected chi connectivity index (χ2v) is 5.48. The van der Waals surface area contributed by atoms with Crippen molar-refractivity contribution in [3.05, 3.63) is 40.1 Å². The molecule has 0 aliphatic carbocycles. The van der Waals surface area contributed by atoms with E-state index in [2.05, 4.69) is 5.16 Å². The van der Waals surface area contributed by atoms with Crippen LogP contribution in [0.4, 0.5) is 0 Å². The molecule has 0 bridgehead atoms. The van der Waals surface area contributed by atoms with Gasteiger partial charge < -0.3 is 19.7 Å². The van der Waals surface area contributed by atoms with E-state index < -0.39 is 5.91 Å². The molecule has 0 aliphatic heterocycles. The zero-order valence-electron chi connectivity index (χ0n) is 14.8. The van der Waals surface area contributed by atoms with E-state index in [4.69, 9.17) is 19.7 Å². The fraction of sp³-hybridized carbons (Fsp3) is 0.389. The van der Waals surface area contributed by atoms with Crippen molar-refractivity contribution in [3.8, 4) is 11.6 Å². The molecule has 1 aromatic heterocycles. The number of ether oxygens (including phenoxy) is 2. The van der Waals surface area contributed by atoms with Gasteiger partial charge in [0.25, 0.3) is 5.88 Å². The van der Waals surface area contributed by atoms with Gasteiger partial charge in [-0.2, -0.15) is 0 Å². The van der Waals surface area contributed by atoms with Crippen molar-refractivity contribution >= 4 is 11.7 Å². The van der Waals surface area contributed by atoms with Crippen LogP contribution in [0.3, 0.4) is 0 Å². The van der Waals surface area contributed by atoms with E-state index in [-0.39, 0.29) is 23.8 Å². The second kappa shape index (κ2) is 7.83. The number of nitrogens with zero attached hydrogens (tertiary/aromatic N) is 1. The van der Waals surface area contributed by atoms with Crippen LogP contribution in [-0.2, 0) is 19.3 Å². The number of methoxy groups -OCH3 is 2. The zero-order chi connectivity index (χ0) is 18.6. The average Bonchev–Trinajstić information content (AvgIpc) is 3.09. The molecule has 2 aromatic rings. The SMILES string of the molecule is CCc1cc(C(N)=O)c(CC(=O)c2cc(OC)no2)c(CC)c1OC. The van der Waals surface area contributed by atoms with E-state index in [1.165, 1.54) is 13.2 Å². The summed E-state index contributed by atoms with van der Waals surface area (Å²) in [5.41, 5.74) is 8.12. The third-order valence-corrected chi connectivity index (χ3v) is 4.09. The maximum absolute atomic E-state index is 12.6. The lowest BCUT2D eigenvalue weighted by molar-refractivity contribution is 0.0956. The first-order valence-electron chi connectivity index (χ1n) is 8.02. The van der Waals surface area contributed by atoms with Crippen molar-refractivity contribution in [3.63, 3.8) is 0 Å². The number of hydrogen-bond donors (Lipinski definition) is 1. The molecular weight excluding hydrogens is 324 g/mol. The predicted octanol–water partition coefficient (Wildman–Crippen LogP) is 2.34. The molecule has 1 aromatic carbocycles. The molecule has 1 heterocycles. The molecule has 7 nitrogen and oxygen atoms in total. The van der Waals surface area contributed by atoms with E-state index in [1.54, 1.807) is 13.2 Å². The second-order valence-electron chi connectivity index (χ2n) is 5.48. The van der Waals surface area contributed by atoms with Gasteiger partial charge in [-0.1, -0.05) is 13.8 Å². The Bertz CT molecular complexity index is 795. The van der Waals surface area contributed by atoms with Crippen molar-refractivity contribution in [2.24, 2.45) is 5.73 Å². The number of carbonyl (C=O) groups is 2. The van der Waals surface area contributed by atoms with Crippen LogP contribution >= 0.6 is 0 Å². The van der Waals surface area contributed by atoms with E-state index in [9.17, 15) is 9.59 Å². The molecule has 0 spiro atoms. The number of aromatic nitrogens is 1. The molecule has 0 fully saturated rings. The number of hydrogen-bond acceptors (Lipinski definition) is 6. The molecule has 0 atom stereocenters. The number of benzene rings is 1. The molecular formula is C18H22N2O5. The molecule has 2 rings (SSSR count). The van der Waals surface area contributed by atoms with Crippen LogP contribution in [0, 0.1) is 0 Å². The van der Waals surface area contributed by atoms with Crippen molar-refractivity contribution in [1.29, 1.82) is 0 Å². The Morgan fingerprint density at radius 2 is 1.84 bits per heavy atom. The summed E-state index contributed by atoms with van der Waals surface area (Å²) in [7, 11) is 3.01. The molecule has 0 saturated heterocycles. The van der Waals surface area contributed by atoms with Gasteiger partial charge >= 0.3 is 0 Å². The summed E-state index contributed by atoms with van der Waals surface area (Å²) in [6.45, 7) is 3.90. The summed E-state index contributed by atoms with van der Waals surface area (Å²) in [4.78, 5) is 24.5. The van der Waals surface area contributed by atoms with Gasteiger partial charge in [0, 0.05) is 12.0 Å². The maximum Gasteiger partial charge on any atom is 0.254 e. The van der Waals surface area contributed by atoms with Crippen molar-refractivity contribution in [2.45, 2.75) is 33.1 Å². The number of rotatable bonds is 8. The number of Topliss-reactive ketones (excluding diaryl/α,β-unsaturated/α-hetero) is 1. The Balaban J connectivity index is 2.54. The molecule has 2 N–H and O–H groups in total. The normalized spacial score (nSPS) is 10.6. The Kier molecular flexibility index (Phi) is 5.80. The summed E-state index contributed by atoms with van der Waals surface area (Å²) in [6.07, 6.45) is 1.24. The minimum atomic E-state index is -0.579. The molecule has 25 heavy (non-hydrogen) atoms. The highest BCUT2D eigenvalue weighted by atomic mass is 16.5. The number of amides is 1. The van der Waals surface area contributed by atoms with Crippen LogP contribution in [0.5, 0.6) is 11.6 Å². The summed E-state index contributed by atoms with van der Waals surface area (Å²) < 4.78 is 15.4. The number of primary amides is 1. The van der Waals surface area contributed by atoms with Crippen LogP contribution in [0.25, 0.3) is 0 Å². The van der Waals surface area contributed by atoms with Gasteiger partial charge in [0.05, 0.1) is 20.3 Å². The van der Waals surface area contributed by atoms with Gasteiger partial charge in [-0.15, -0.1) is 0 Å². The number of aryl methyl sites for hydroxylation is 1. The predicted molar refractivity (Wildman–Crippen MR) is 91.4 cm³/mol. The summed E-state index contributed by atoms with van der Waals surface area (Å²) in [6, 6.07) is 3.11. The smallest absolute Gasteiger partial charge is 0.254 e. The average molecular weight is 346 g/mol. The molecule has 134 valence electrons. The minimum absolute atomic E-state index is 0.0415. The van der Waals surface area contributed by atoms with Gasteiger partial charge in [0.2, 0.25) is 17.5 Å². The van der Waals surface area contributed by atoms with Crippen molar-refractivity contribution < 1.29 is 23.6 Å². The number of ketones is 1. The molecule has 0 saturated carbocycles. The first-order valence-corrected chi connectivity index (χ1v) is 8.02. The van der Waals surface area contributed by atoms with Crippen molar-refractivity contribution in [2.75, 3.05) is 14.2 Å². The summed E-state index contributed by atoms with van der Waals surface area (Å²) >= 11 is 0. The lowest BCUT2D eigenvalue weighted by atomic mass is 9.90. The highest BCUT2D eigenvalue weighted by Crippen LogP contribution is 2.32. The fourth-order valence-corrected chi connectivity index (χ4v) is 2.87. The van der Waals surface area contributed by atoms with Gasteiger partial charge in [0.1, 0.15) is 5.75 Å². The Morgan fingerprint density at radius 3 is 2.32 bits per heavy atom.